The molecule has 7 heteroatoms. The van der Waals surface area contributed by atoms with Gasteiger partial charge in [0, 0.05) is 11.4 Å². The van der Waals surface area contributed by atoms with E-state index in [4.69, 9.17) is 14.4 Å². The minimum absolute atomic E-state index is 0.214. The molecule has 1 heterocycles. The summed E-state index contributed by atoms with van der Waals surface area (Å²) in [7, 11) is 0. The summed E-state index contributed by atoms with van der Waals surface area (Å²) in [5, 5.41) is 14.3. The molecule has 0 aliphatic heterocycles. The number of rotatable bonds is 6. The molecule has 140 valence electrons. The van der Waals surface area contributed by atoms with Gasteiger partial charge in [0.1, 0.15) is 5.75 Å². The van der Waals surface area contributed by atoms with Crippen molar-refractivity contribution in [2.24, 2.45) is 0 Å². The first-order chi connectivity index (χ1) is 13.5. The molecule has 7 nitrogen and oxygen atoms in total. The predicted molar refractivity (Wildman–Crippen MR) is 103 cm³/mol. The maximum Gasteiger partial charge on any atom is 0.291 e. The number of hydrogen-bond acceptors (Lipinski definition) is 5. The average Bonchev–Trinajstić information content (AvgIpc) is 3.24. The van der Waals surface area contributed by atoms with Gasteiger partial charge in [0.15, 0.2) is 11.9 Å². The fourth-order valence-corrected chi connectivity index (χ4v) is 2.39. The highest BCUT2D eigenvalue weighted by Crippen LogP contribution is 2.18. The van der Waals surface area contributed by atoms with Gasteiger partial charge in [0.2, 0.25) is 0 Å². The zero-order valence-corrected chi connectivity index (χ0v) is 15.0. The van der Waals surface area contributed by atoms with Crippen LogP contribution in [0.15, 0.2) is 71.3 Å². The van der Waals surface area contributed by atoms with Crippen LogP contribution in [0.5, 0.6) is 5.75 Å². The summed E-state index contributed by atoms with van der Waals surface area (Å²) in [4.78, 5) is 24.2. The van der Waals surface area contributed by atoms with Crippen molar-refractivity contribution in [1.82, 2.24) is 0 Å². The highest BCUT2D eigenvalue weighted by molar-refractivity contribution is 6.02. The Bertz CT molecular complexity index is 1000. The smallest absolute Gasteiger partial charge is 0.291 e. The van der Waals surface area contributed by atoms with Crippen molar-refractivity contribution in [3.8, 4) is 11.8 Å². The number of nitriles is 1. The Morgan fingerprint density at radius 3 is 2.50 bits per heavy atom. The van der Waals surface area contributed by atoms with E-state index in [0.29, 0.717) is 22.7 Å². The first-order valence-corrected chi connectivity index (χ1v) is 8.48. The van der Waals surface area contributed by atoms with E-state index in [9.17, 15) is 9.59 Å². The van der Waals surface area contributed by atoms with Gasteiger partial charge < -0.3 is 19.8 Å². The van der Waals surface area contributed by atoms with E-state index >= 15 is 0 Å². The molecule has 28 heavy (non-hydrogen) atoms. The minimum Gasteiger partial charge on any atom is -0.481 e. The standard InChI is InChI=1S/C21H17N3O4/c1-14(20(25)24-17-5-2-4-15(12-17)13-22)28-18-9-7-16(8-10-18)23-21(26)19-6-3-11-27-19/h2-12,14H,1H3,(H,23,26)(H,24,25)/t14-/m1/s1. The van der Waals surface area contributed by atoms with Gasteiger partial charge in [0.25, 0.3) is 11.8 Å². The fraction of sp³-hybridized carbons (Fsp3) is 0.0952. The van der Waals surface area contributed by atoms with Crippen LogP contribution >= 0.6 is 0 Å². The lowest BCUT2D eigenvalue weighted by Gasteiger charge is -2.15. The first-order valence-electron chi connectivity index (χ1n) is 8.48. The Morgan fingerprint density at radius 1 is 1.04 bits per heavy atom. The second-order valence-electron chi connectivity index (χ2n) is 5.90. The van der Waals surface area contributed by atoms with Gasteiger partial charge in [-0.1, -0.05) is 6.07 Å². The molecule has 0 bridgehead atoms. The third-order valence-corrected chi connectivity index (χ3v) is 3.80. The number of furan rings is 1. The highest BCUT2D eigenvalue weighted by atomic mass is 16.5. The van der Waals surface area contributed by atoms with Crippen LogP contribution in [0.4, 0.5) is 11.4 Å². The molecule has 0 aliphatic carbocycles. The zero-order chi connectivity index (χ0) is 19.9. The average molecular weight is 375 g/mol. The molecule has 0 saturated carbocycles. The van der Waals surface area contributed by atoms with Crippen molar-refractivity contribution in [3.05, 3.63) is 78.3 Å². The Labute approximate surface area is 161 Å². The van der Waals surface area contributed by atoms with Crippen molar-refractivity contribution in [2.45, 2.75) is 13.0 Å². The van der Waals surface area contributed by atoms with E-state index in [1.54, 1.807) is 67.6 Å². The number of nitrogens with one attached hydrogen (secondary N) is 2. The van der Waals surface area contributed by atoms with Crippen LogP contribution in [-0.2, 0) is 4.79 Å². The Morgan fingerprint density at radius 2 is 1.82 bits per heavy atom. The monoisotopic (exact) mass is 375 g/mol. The van der Waals surface area contributed by atoms with E-state index in [1.165, 1.54) is 6.26 Å². The molecule has 0 spiro atoms. The lowest BCUT2D eigenvalue weighted by molar-refractivity contribution is -0.122. The van der Waals surface area contributed by atoms with E-state index in [1.807, 2.05) is 6.07 Å². The Hall–Kier alpha value is -4.05. The highest BCUT2D eigenvalue weighted by Gasteiger charge is 2.15. The summed E-state index contributed by atoms with van der Waals surface area (Å²) in [5.74, 6) is -0.00758. The van der Waals surface area contributed by atoms with Crippen molar-refractivity contribution in [1.29, 1.82) is 5.26 Å². The molecular formula is C21H17N3O4. The molecule has 0 unspecified atom stereocenters. The molecule has 0 saturated heterocycles. The number of ether oxygens (including phenoxy) is 1. The number of carbonyl (C=O) groups is 2. The summed E-state index contributed by atoms with van der Waals surface area (Å²) < 4.78 is 10.7. The summed E-state index contributed by atoms with van der Waals surface area (Å²) >= 11 is 0. The molecular weight excluding hydrogens is 358 g/mol. The van der Waals surface area contributed by atoms with Crippen LogP contribution in [0.2, 0.25) is 0 Å². The van der Waals surface area contributed by atoms with Crippen LogP contribution in [0.25, 0.3) is 0 Å². The fourth-order valence-electron chi connectivity index (χ4n) is 2.39. The van der Waals surface area contributed by atoms with Crippen molar-refractivity contribution in [3.63, 3.8) is 0 Å². The molecule has 3 aromatic rings. The molecule has 1 aromatic heterocycles. The van der Waals surface area contributed by atoms with Gasteiger partial charge >= 0.3 is 0 Å². The number of amides is 2. The van der Waals surface area contributed by atoms with E-state index in [2.05, 4.69) is 10.6 Å². The number of carbonyl (C=O) groups excluding carboxylic acids is 2. The largest absolute Gasteiger partial charge is 0.481 e. The second kappa shape index (κ2) is 8.56. The number of nitrogens with zero attached hydrogens (tertiary/aromatic N) is 1. The number of anilines is 2. The van der Waals surface area contributed by atoms with Crippen LogP contribution in [0.1, 0.15) is 23.0 Å². The third-order valence-electron chi connectivity index (χ3n) is 3.80. The topological polar surface area (TPSA) is 104 Å². The number of benzene rings is 2. The maximum absolute atomic E-state index is 12.3. The molecule has 2 N–H and O–H groups in total. The predicted octanol–water partition coefficient (Wildman–Crippen LogP) is 3.81. The Kier molecular flexibility index (Phi) is 5.72. The van der Waals surface area contributed by atoms with Gasteiger partial charge in [-0.25, -0.2) is 0 Å². The molecule has 3 rings (SSSR count). The van der Waals surface area contributed by atoms with Crippen molar-refractivity contribution < 1.29 is 18.7 Å². The zero-order valence-electron chi connectivity index (χ0n) is 15.0. The van der Waals surface area contributed by atoms with E-state index in [-0.39, 0.29) is 17.6 Å². The van der Waals surface area contributed by atoms with Crippen molar-refractivity contribution in [2.75, 3.05) is 10.6 Å². The maximum atomic E-state index is 12.3. The van der Waals surface area contributed by atoms with Crippen LogP contribution in [-0.4, -0.2) is 17.9 Å². The van der Waals surface area contributed by atoms with Gasteiger partial charge in [-0.05, 0) is 61.5 Å². The normalized spacial score (nSPS) is 11.1. The number of hydrogen-bond donors (Lipinski definition) is 2. The minimum atomic E-state index is -0.755. The summed E-state index contributed by atoms with van der Waals surface area (Å²) in [6.45, 7) is 1.62. The first kappa shape index (κ1) is 18.7. The van der Waals surface area contributed by atoms with E-state index in [0.717, 1.165) is 0 Å². The van der Waals surface area contributed by atoms with Crippen LogP contribution in [0, 0.1) is 11.3 Å². The molecule has 2 aromatic carbocycles. The third kappa shape index (κ3) is 4.77. The van der Waals surface area contributed by atoms with Crippen LogP contribution in [0.3, 0.4) is 0 Å². The quantitative estimate of drug-likeness (QED) is 0.682. The SMILES string of the molecule is C[C@@H](Oc1ccc(NC(=O)c2ccco2)cc1)C(=O)Nc1cccc(C#N)c1. The van der Waals surface area contributed by atoms with Gasteiger partial charge in [-0.15, -0.1) is 0 Å². The lowest BCUT2D eigenvalue weighted by atomic mass is 10.2. The molecule has 2 amide bonds. The summed E-state index contributed by atoms with van der Waals surface area (Å²) in [5.41, 5.74) is 1.55. The van der Waals surface area contributed by atoms with E-state index < -0.39 is 6.10 Å². The molecule has 0 aliphatic rings. The Balaban J connectivity index is 1.56. The molecule has 0 radical (unpaired) electrons. The second-order valence-corrected chi connectivity index (χ2v) is 5.90. The van der Waals surface area contributed by atoms with Gasteiger partial charge in [-0.2, -0.15) is 5.26 Å². The lowest BCUT2D eigenvalue weighted by Crippen LogP contribution is -2.30. The van der Waals surface area contributed by atoms with Gasteiger partial charge in [0.05, 0.1) is 17.9 Å². The molecule has 0 fully saturated rings. The van der Waals surface area contributed by atoms with Gasteiger partial charge in [-0.3, -0.25) is 9.59 Å². The summed E-state index contributed by atoms with van der Waals surface area (Å²) in [6, 6.07) is 18.5. The van der Waals surface area contributed by atoms with Crippen molar-refractivity contribution >= 4 is 23.2 Å². The molecule has 1 atom stereocenters. The summed E-state index contributed by atoms with van der Waals surface area (Å²) in [6.07, 6.45) is 0.670. The van der Waals surface area contributed by atoms with Crippen LogP contribution < -0.4 is 15.4 Å².